The Balaban J connectivity index is 1.63. The van der Waals surface area contributed by atoms with E-state index in [4.69, 9.17) is 16.3 Å². The van der Waals surface area contributed by atoms with Crippen molar-refractivity contribution >= 4 is 29.3 Å². The average Bonchev–Trinajstić information content (AvgIpc) is 3.34. The summed E-state index contributed by atoms with van der Waals surface area (Å²) in [7, 11) is 1.76. The highest BCUT2D eigenvalue weighted by Crippen LogP contribution is 2.28. The standard InChI is InChI=1S/C32H35ClFN5O4/c1-19(2)39-17-21(8-12-29(39)40)20-7-11-25(33)22(13-20)14-27(37-31(42)43-32(3,4)5)30(41)36-23-9-10-24(26(34)15-23)28-16-35-18-38(28)6/h7-13,15-19,27H,14H2,1-6H3,(H,36,41)(H,37,42)/t27-/m0/s1. The van der Waals surface area contributed by atoms with Crippen molar-refractivity contribution in [2.45, 2.75) is 58.7 Å². The van der Waals surface area contributed by atoms with Gasteiger partial charge in [-0.2, -0.15) is 0 Å². The fraction of sp³-hybridized carbons (Fsp3) is 0.312. The Morgan fingerprint density at radius 2 is 1.79 bits per heavy atom. The number of carbonyl (C=O) groups excluding carboxylic acids is 2. The molecule has 0 aliphatic carbocycles. The SMILES string of the molecule is CC(C)n1cc(-c2ccc(Cl)c(C[C@H](NC(=O)OC(C)(C)C)C(=O)Nc3ccc(-c4cncn4C)c(F)c3)c2)ccc1=O. The van der Waals surface area contributed by atoms with Gasteiger partial charge in [0.25, 0.3) is 5.56 Å². The maximum Gasteiger partial charge on any atom is 0.408 e. The number of rotatable bonds is 8. The summed E-state index contributed by atoms with van der Waals surface area (Å²) < 4.78 is 23.7. The molecule has 4 rings (SSSR count). The number of benzene rings is 2. The van der Waals surface area contributed by atoms with Gasteiger partial charge in [0, 0.05) is 48.0 Å². The average molecular weight is 608 g/mol. The smallest absolute Gasteiger partial charge is 0.408 e. The number of hydrogen-bond acceptors (Lipinski definition) is 5. The van der Waals surface area contributed by atoms with Crippen LogP contribution in [-0.4, -0.2) is 37.8 Å². The molecular weight excluding hydrogens is 573 g/mol. The molecule has 2 N–H and O–H groups in total. The van der Waals surface area contributed by atoms with Crippen LogP contribution in [0, 0.1) is 5.82 Å². The number of anilines is 1. The summed E-state index contributed by atoms with van der Waals surface area (Å²) in [5, 5.41) is 5.72. The summed E-state index contributed by atoms with van der Waals surface area (Å²) in [5.74, 6) is -1.13. The molecule has 2 heterocycles. The summed E-state index contributed by atoms with van der Waals surface area (Å²) in [6.45, 7) is 8.98. The predicted molar refractivity (Wildman–Crippen MR) is 166 cm³/mol. The minimum atomic E-state index is -1.12. The summed E-state index contributed by atoms with van der Waals surface area (Å²) in [4.78, 5) is 42.6. The molecule has 2 aromatic carbocycles. The van der Waals surface area contributed by atoms with Crippen molar-refractivity contribution in [1.82, 2.24) is 19.4 Å². The summed E-state index contributed by atoms with van der Waals surface area (Å²) in [5.41, 5.74) is 2.35. The first kappa shape index (κ1) is 31.5. The summed E-state index contributed by atoms with van der Waals surface area (Å²) in [6, 6.07) is 11.7. The van der Waals surface area contributed by atoms with Crippen molar-refractivity contribution < 1.29 is 18.7 Å². The van der Waals surface area contributed by atoms with Crippen LogP contribution in [-0.2, 0) is 23.0 Å². The zero-order chi connectivity index (χ0) is 31.5. The van der Waals surface area contributed by atoms with E-state index >= 15 is 4.39 Å². The van der Waals surface area contributed by atoms with Gasteiger partial charge in [-0.25, -0.2) is 14.2 Å². The van der Waals surface area contributed by atoms with Crippen molar-refractivity contribution in [2.24, 2.45) is 7.05 Å². The lowest BCUT2D eigenvalue weighted by molar-refractivity contribution is -0.118. The van der Waals surface area contributed by atoms with Gasteiger partial charge in [0.05, 0.1) is 18.2 Å². The van der Waals surface area contributed by atoms with Crippen LogP contribution >= 0.6 is 11.6 Å². The Morgan fingerprint density at radius 1 is 1.07 bits per heavy atom. The Morgan fingerprint density at radius 3 is 2.42 bits per heavy atom. The zero-order valence-electron chi connectivity index (χ0n) is 24.9. The Hall–Kier alpha value is -4.44. The third-order valence-corrected chi connectivity index (χ3v) is 7.00. The number of amides is 2. The topological polar surface area (TPSA) is 107 Å². The van der Waals surface area contributed by atoms with Crippen molar-refractivity contribution in [3.05, 3.63) is 94.0 Å². The Bertz CT molecular complexity index is 1710. The maximum absolute atomic E-state index is 15.0. The van der Waals surface area contributed by atoms with E-state index in [0.29, 0.717) is 21.8 Å². The Labute approximate surface area is 254 Å². The lowest BCUT2D eigenvalue weighted by Gasteiger charge is -2.24. The van der Waals surface area contributed by atoms with E-state index < -0.39 is 29.5 Å². The quantitative estimate of drug-likeness (QED) is 0.242. The molecule has 0 unspecified atom stereocenters. The van der Waals surface area contributed by atoms with E-state index in [-0.39, 0.29) is 23.7 Å². The number of aromatic nitrogens is 3. The third kappa shape index (κ3) is 7.90. The molecule has 2 amide bonds. The molecule has 11 heteroatoms. The van der Waals surface area contributed by atoms with E-state index in [9.17, 15) is 14.4 Å². The third-order valence-electron chi connectivity index (χ3n) is 6.63. The van der Waals surface area contributed by atoms with Gasteiger partial charge in [-0.15, -0.1) is 0 Å². The molecule has 4 aromatic rings. The number of nitrogens with one attached hydrogen (secondary N) is 2. The molecule has 226 valence electrons. The number of alkyl carbamates (subject to hydrolysis) is 1. The second kappa shape index (κ2) is 12.8. The molecular formula is C32H35ClFN5O4. The zero-order valence-corrected chi connectivity index (χ0v) is 25.7. The first-order valence-corrected chi connectivity index (χ1v) is 14.2. The number of carbonyl (C=O) groups is 2. The normalized spacial score (nSPS) is 12.2. The summed E-state index contributed by atoms with van der Waals surface area (Å²) in [6.07, 6.45) is 4.11. The first-order valence-electron chi connectivity index (χ1n) is 13.8. The van der Waals surface area contributed by atoms with Gasteiger partial charge in [-0.3, -0.25) is 9.59 Å². The number of imidazole rings is 1. The van der Waals surface area contributed by atoms with Gasteiger partial charge < -0.3 is 24.5 Å². The van der Waals surface area contributed by atoms with Gasteiger partial charge in [0.1, 0.15) is 17.5 Å². The lowest BCUT2D eigenvalue weighted by Crippen LogP contribution is -2.47. The van der Waals surface area contributed by atoms with Crippen molar-refractivity contribution in [1.29, 1.82) is 0 Å². The van der Waals surface area contributed by atoms with Crippen LogP contribution in [0.25, 0.3) is 22.4 Å². The van der Waals surface area contributed by atoms with Crippen LogP contribution in [0.4, 0.5) is 14.9 Å². The molecule has 0 saturated carbocycles. The molecule has 0 spiro atoms. The highest BCUT2D eigenvalue weighted by atomic mass is 35.5. The molecule has 0 bridgehead atoms. The maximum atomic E-state index is 15.0. The van der Waals surface area contributed by atoms with Crippen molar-refractivity contribution in [3.63, 3.8) is 0 Å². The van der Waals surface area contributed by atoms with E-state index in [1.165, 1.54) is 12.1 Å². The molecule has 0 saturated heterocycles. The second-order valence-corrected chi connectivity index (χ2v) is 11.9. The van der Waals surface area contributed by atoms with Crippen LogP contribution in [0.5, 0.6) is 0 Å². The first-order chi connectivity index (χ1) is 20.2. The minimum Gasteiger partial charge on any atom is -0.444 e. The van der Waals surface area contributed by atoms with Crippen LogP contribution in [0.1, 0.15) is 46.2 Å². The van der Waals surface area contributed by atoms with E-state index in [1.807, 2.05) is 26.0 Å². The van der Waals surface area contributed by atoms with E-state index in [1.54, 1.807) is 79.9 Å². The minimum absolute atomic E-state index is 0.0111. The number of aryl methyl sites for hydroxylation is 1. The molecule has 2 aromatic heterocycles. The number of ether oxygens (including phenoxy) is 1. The van der Waals surface area contributed by atoms with E-state index in [0.717, 1.165) is 11.1 Å². The fourth-order valence-corrected chi connectivity index (χ4v) is 4.71. The van der Waals surface area contributed by atoms with Gasteiger partial charge in [-0.05, 0) is 87.7 Å². The second-order valence-electron chi connectivity index (χ2n) is 11.5. The largest absolute Gasteiger partial charge is 0.444 e. The molecule has 0 fully saturated rings. The number of nitrogens with zero attached hydrogens (tertiary/aromatic N) is 3. The number of hydrogen-bond donors (Lipinski definition) is 2. The number of pyridine rings is 1. The van der Waals surface area contributed by atoms with Crippen molar-refractivity contribution in [3.8, 4) is 22.4 Å². The predicted octanol–water partition coefficient (Wildman–Crippen LogP) is 6.36. The van der Waals surface area contributed by atoms with Gasteiger partial charge in [0.15, 0.2) is 0 Å². The highest BCUT2D eigenvalue weighted by Gasteiger charge is 2.26. The van der Waals surface area contributed by atoms with Crippen LogP contribution in [0.3, 0.4) is 0 Å². The number of halogens is 2. The van der Waals surface area contributed by atoms with Crippen LogP contribution in [0.15, 0.2) is 72.0 Å². The molecule has 43 heavy (non-hydrogen) atoms. The fourth-order valence-electron chi connectivity index (χ4n) is 4.51. The molecule has 0 aliphatic heterocycles. The molecule has 1 atom stereocenters. The molecule has 0 aliphatic rings. The van der Waals surface area contributed by atoms with Gasteiger partial charge >= 0.3 is 6.09 Å². The van der Waals surface area contributed by atoms with Crippen LogP contribution < -0.4 is 16.2 Å². The van der Waals surface area contributed by atoms with Gasteiger partial charge in [0.2, 0.25) is 5.91 Å². The van der Waals surface area contributed by atoms with E-state index in [2.05, 4.69) is 15.6 Å². The highest BCUT2D eigenvalue weighted by molar-refractivity contribution is 6.31. The monoisotopic (exact) mass is 607 g/mol. The van der Waals surface area contributed by atoms with Crippen LogP contribution in [0.2, 0.25) is 5.02 Å². The summed E-state index contributed by atoms with van der Waals surface area (Å²) >= 11 is 6.55. The Kier molecular flexibility index (Phi) is 9.40. The molecule has 0 radical (unpaired) electrons. The van der Waals surface area contributed by atoms with Crippen molar-refractivity contribution in [2.75, 3.05) is 5.32 Å². The van der Waals surface area contributed by atoms with Gasteiger partial charge in [-0.1, -0.05) is 17.7 Å². The lowest BCUT2D eigenvalue weighted by atomic mass is 9.99. The molecule has 9 nitrogen and oxygen atoms in total.